The van der Waals surface area contributed by atoms with Gasteiger partial charge in [-0.15, -0.1) is 0 Å². The molecule has 1 unspecified atom stereocenters. The Bertz CT molecular complexity index is 623. The molecule has 118 valence electrons. The molecule has 0 spiro atoms. The van der Waals surface area contributed by atoms with Crippen LogP contribution in [0.4, 0.5) is 10.5 Å². The maximum atomic E-state index is 12.1. The van der Waals surface area contributed by atoms with Crippen molar-refractivity contribution >= 4 is 46.8 Å². The number of hydrazine groups is 1. The van der Waals surface area contributed by atoms with Crippen molar-refractivity contribution in [3.05, 3.63) is 28.2 Å². The highest BCUT2D eigenvalue weighted by atomic mass is 35.5. The third-order valence-electron chi connectivity index (χ3n) is 3.04. The average molecular weight is 346 g/mol. The van der Waals surface area contributed by atoms with Crippen LogP contribution in [0.15, 0.2) is 18.2 Å². The Kier molecular flexibility index (Phi) is 5.10. The van der Waals surface area contributed by atoms with Gasteiger partial charge in [-0.25, -0.2) is 9.80 Å². The van der Waals surface area contributed by atoms with E-state index in [1.54, 1.807) is 6.07 Å². The third kappa shape index (κ3) is 3.80. The number of benzene rings is 1. The highest BCUT2D eigenvalue weighted by molar-refractivity contribution is 6.42. The molecule has 22 heavy (non-hydrogen) atoms. The van der Waals surface area contributed by atoms with E-state index in [0.29, 0.717) is 10.7 Å². The molecule has 0 aromatic heterocycles. The van der Waals surface area contributed by atoms with Gasteiger partial charge >= 0.3 is 12.0 Å². The van der Waals surface area contributed by atoms with E-state index in [1.165, 1.54) is 19.2 Å². The summed E-state index contributed by atoms with van der Waals surface area (Å²) in [5.74, 6) is -1.67. The number of carbonyl (C=O) groups is 3. The Morgan fingerprint density at radius 2 is 2.09 bits per heavy atom. The van der Waals surface area contributed by atoms with Crippen molar-refractivity contribution in [3.63, 3.8) is 0 Å². The Balaban J connectivity index is 2.06. The minimum atomic E-state index is -0.696. The molecule has 1 atom stereocenters. The van der Waals surface area contributed by atoms with Crippen molar-refractivity contribution in [1.29, 1.82) is 0 Å². The molecule has 2 N–H and O–H groups in total. The molecule has 2 rings (SSSR count). The zero-order valence-electron chi connectivity index (χ0n) is 11.6. The van der Waals surface area contributed by atoms with E-state index in [2.05, 4.69) is 15.5 Å². The number of methoxy groups -OCH3 is 1. The predicted molar refractivity (Wildman–Crippen MR) is 80.5 cm³/mol. The van der Waals surface area contributed by atoms with Gasteiger partial charge in [0.1, 0.15) is 0 Å². The first-order valence-electron chi connectivity index (χ1n) is 6.31. The molecule has 9 heteroatoms. The van der Waals surface area contributed by atoms with Crippen LogP contribution in [0.5, 0.6) is 0 Å². The van der Waals surface area contributed by atoms with Gasteiger partial charge in [0.25, 0.3) is 0 Å². The van der Waals surface area contributed by atoms with Crippen molar-refractivity contribution in [2.24, 2.45) is 5.92 Å². The zero-order valence-corrected chi connectivity index (χ0v) is 13.1. The Morgan fingerprint density at radius 3 is 2.73 bits per heavy atom. The second kappa shape index (κ2) is 6.85. The van der Waals surface area contributed by atoms with Crippen LogP contribution in [0.3, 0.4) is 0 Å². The van der Waals surface area contributed by atoms with Crippen LogP contribution in [0, 0.1) is 5.92 Å². The number of hydrogen-bond donors (Lipinski definition) is 2. The first kappa shape index (κ1) is 16.4. The van der Waals surface area contributed by atoms with Gasteiger partial charge in [0.2, 0.25) is 5.91 Å². The zero-order chi connectivity index (χ0) is 16.3. The molecule has 0 aliphatic carbocycles. The quantitative estimate of drug-likeness (QED) is 0.803. The van der Waals surface area contributed by atoms with Crippen molar-refractivity contribution in [2.45, 2.75) is 6.42 Å². The van der Waals surface area contributed by atoms with Crippen LogP contribution < -0.4 is 10.7 Å². The van der Waals surface area contributed by atoms with Gasteiger partial charge in [-0.2, -0.15) is 0 Å². The SMILES string of the molecule is COC(=O)C1CC(=O)NN(C(=O)Nc2ccc(Cl)c(Cl)c2)C1. The molecule has 3 amide bonds. The molecular weight excluding hydrogens is 333 g/mol. The van der Waals surface area contributed by atoms with E-state index < -0.39 is 23.8 Å². The summed E-state index contributed by atoms with van der Waals surface area (Å²) in [6.45, 7) is 0.0194. The number of esters is 1. The second-order valence-electron chi connectivity index (χ2n) is 4.63. The molecule has 1 aromatic carbocycles. The molecule has 7 nitrogen and oxygen atoms in total. The number of hydrogen-bond acceptors (Lipinski definition) is 4. The monoisotopic (exact) mass is 345 g/mol. The molecular formula is C13H13Cl2N3O4. The number of rotatable bonds is 2. The Morgan fingerprint density at radius 1 is 1.36 bits per heavy atom. The van der Waals surface area contributed by atoms with Gasteiger partial charge in [0, 0.05) is 12.1 Å². The van der Waals surface area contributed by atoms with Crippen LogP contribution in [-0.2, 0) is 14.3 Å². The summed E-state index contributed by atoms with van der Waals surface area (Å²) in [6.07, 6.45) is -0.0246. The van der Waals surface area contributed by atoms with Crippen molar-refractivity contribution < 1.29 is 19.1 Å². The Labute approximate surface area is 136 Å². The minimum Gasteiger partial charge on any atom is -0.469 e. The third-order valence-corrected chi connectivity index (χ3v) is 3.78. The maximum absolute atomic E-state index is 12.1. The topological polar surface area (TPSA) is 87.7 Å². The summed E-state index contributed by atoms with van der Waals surface area (Å²) < 4.78 is 4.60. The normalized spacial score (nSPS) is 17.7. The number of carbonyl (C=O) groups excluding carboxylic acids is 3. The highest BCUT2D eigenvalue weighted by Crippen LogP contribution is 2.25. The number of halogens is 2. The maximum Gasteiger partial charge on any atom is 0.340 e. The van der Waals surface area contributed by atoms with Crippen molar-refractivity contribution in [3.8, 4) is 0 Å². The van der Waals surface area contributed by atoms with E-state index in [1.807, 2.05) is 0 Å². The lowest BCUT2D eigenvalue weighted by molar-refractivity contribution is -0.151. The van der Waals surface area contributed by atoms with Gasteiger partial charge in [-0.05, 0) is 18.2 Å². The summed E-state index contributed by atoms with van der Waals surface area (Å²) in [6, 6.07) is 3.98. The fourth-order valence-corrected chi connectivity index (χ4v) is 2.27. The minimum absolute atomic E-state index is 0.0194. The van der Waals surface area contributed by atoms with E-state index in [4.69, 9.17) is 23.2 Å². The first-order valence-corrected chi connectivity index (χ1v) is 7.07. The number of nitrogens with zero attached hydrogens (tertiary/aromatic N) is 1. The Hall–Kier alpha value is -1.99. The summed E-state index contributed by atoms with van der Waals surface area (Å²) >= 11 is 11.7. The molecule has 1 aliphatic rings. The van der Waals surface area contributed by atoms with Gasteiger partial charge in [-0.1, -0.05) is 23.2 Å². The second-order valence-corrected chi connectivity index (χ2v) is 5.44. The van der Waals surface area contributed by atoms with Crippen molar-refractivity contribution in [1.82, 2.24) is 10.4 Å². The summed E-state index contributed by atoms with van der Waals surface area (Å²) in [5, 5.41) is 4.22. The van der Waals surface area contributed by atoms with E-state index in [0.717, 1.165) is 5.01 Å². The smallest absolute Gasteiger partial charge is 0.340 e. The van der Waals surface area contributed by atoms with Gasteiger partial charge in [0.15, 0.2) is 0 Å². The summed E-state index contributed by atoms with van der Waals surface area (Å²) in [5.41, 5.74) is 2.80. The molecule has 1 saturated heterocycles. The largest absolute Gasteiger partial charge is 0.469 e. The fraction of sp³-hybridized carbons (Fsp3) is 0.308. The molecule has 1 fully saturated rings. The lowest BCUT2D eigenvalue weighted by atomic mass is 10.0. The molecule has 1 heterocycles. The van der Waals surface area contributed by atoms with E-state index in [9.17, 15) is 14.4 Å². The number of anilines is 1. The average Bonchev–Trinajstić information content (AvgIpc) is 2.49. The fourth-order valence-electron chi connectivity index (χ4n) is 1.97. The molecule has 0 saturated carbocycles. The van der Waals surface area contributed by atoms with Gasteiger partial charge in [0.05, 0.1) is 29.6 Å². The van der Waals surface area contributed by atoms with Crippen LogP contribution in [0.1, 0.15) is 6.42 Å². The molecule has 0 radical (unpaired) electrons. The van der Waals surface area contributed by atoms with Crippen LogP contribution in [0.2, 0.25) is 10.0 Å². The lowest BCUT2D eigenvalue weighted by Crippen LogP contribution is -2.56. The van der Waals surface area contributed by atoms with Crippen LogP contribution in [-0.4, -0.2) is 36.6 Å². The number of amides is 3. The predicted octanol–water partition coefficient (Wildman–Crippen LogP) is 2.05. The van der Waals surface area contributed by atoms with Gasteiger partial charge in [-0.3, -0.25) is 15.0 Å². The van der Waals surface area contributed by atoms with Crippen molar-refractivity contribution in [2.75, 3.05) is 19.0 Å². The summed E-state index contributed by atoms with van der Waals surface area (Å²) in [4.78, 5) is 35.2. The van der Waals surface area contributed by atoms with Crippen LogP contribution >= 0.6 is 23.2 Å². The standard InChI is InChI=1S/C13H13Cl2N3O4/c1-22-12(20)7-4-11(19)17-18(6-7)13(21)16-8-2-3-9(14)10(15)5-8/h2-3,5,7H,4,6H2,1H3,(H,16,21)(H,17,19). The number of nitrogens with one attached hydrogen (secondary N) is 2. The lowest BCUT2D eigenvalue weighted by Gasteiger charge is -2.31. The molecule has 0 bridgehead atoms. The number of ether oxygens (including phenoxy) is 1. The van der Waals surface area contributed by atoms with E-state index >= 15 is 0 Å². The molecule has 1 aromatic rings. The van der Waals surface area contributed by atoms with E-state index in [-0.39, 0.29) is 18.0 Å². The molecule has 1 aliphatic heterocycles. The first-order chi connectivity index (χ1) is 10.4. The van der Waals surface area contributed by atoms with Gasteiger partial charge < -0.3 is 10.1 Å². The van der Waals surface area contributed by atoms with Crippen LogP contribution in [0.25, 0.3) is 0 Å². The highest BCUT2D eigenvalue weighted by Gasteiger charge is 2.33. The number of urea groups is 1. The summed E-state index contributed by atoms with van der Waals surface area (Å²) in [7, 11) is 1.23.